The van der Waals surface area contributed by atoms with Gasteiger partial charge in [0, 0.05) is 19.3 Å². The molecule has 0 radical (unpaired) electrons. The molecule has 0 aromatic carbocycles. The van der Waals surface area contributed by atoms with Crippen LogP contribution < -0.4 is 10.6 Å². The predicted octanol–water partition coefficient (Wildman–Crippen LogP) is -1.37. The van der Waals surface area contributed by atoms with Crippen LogP contribution in [-0.4, -0.2) is 61.0 Å². The van der Waals surface area contributed by atoms with Gasteiger partial charge in [-0.25, -0.2) is 0 Å². The van der Waals surface area contributed by atoms with Gasteiger partial charge in [-0.15, -0.1) is 0 Å². The lowest BCUT2D eigenvalue weighted by molar-refractivity contribution is -0.151. The number of imide groups is 1. The van der Waals surface area contributed by atoms with Crippen molar-refractivity contribution in [3.63, 3.8) is 0 Å². The van der Waals surface area contributed by atoms with Crippen LogP contribution in [0.2, 0.25) is 0 Å². The molecule has 7 nitrogen and oxygen atoms in total. The van der Waals surface area contributed by atoms with Gasteiger partial charge in [0.25, 0.3) is 0 Å². The van der Waals surface area contributed by atoms with Crippen molar-refractivity contribution in [2.75, 3.05) is 26.3 Å². The molecule has 2 N–H and O–H groups in total. The van der Waals surface area contributed by atoms with Crippen molar-refractivity contribution in [1.29, 1.82) is 0 Å². The van der Waals surface area contributed by atoms with Crippen LogP contribution in [0.1, 0.15) is 19.8 Å². The van der Waals surface area contributed by atoms with E-state index in [0.717, 1.165) is 17.7 Å². The topological polar surface area (TPSA) is 87.7 Å². The van der Waals surface area contributed by atoms with Gasteiger partial charge in [0.05, 0.1) is 12.6 Å². The van der Waals surface area contributed by atoms with Gasteiger partial charge < -0.3 is 10.1 Å². The van der Waals surface area contributed by atoms with Crippen molar-refractivity contribution in [2.24, 2.45) is 0 Å². The zero-order valence-corrected chi connectivity index (χ0v) is 11.0. The Morgan fingerprint density at radius 1 is 1.42 bits per heavy atom. The Balaban J connectivity index is 1.86. The molecule has 0 aromatic heterocycles. The van der Waals surface area contributed by atoms with Crippen molar-refractivity contribution < 1.29 is 19.1 Å². The van der Waals surface area contributed by atoms with Crippen molar-refractivity contribution in [1.82, 2.24) is 15.5 Å². The number of nitrogens with one attached hydrogen (secondary N) is 2. The van der Waals surface area contributed by atoms with E-state index in [2.05, 4.69) is 10.6 Å². The quantitative estimate of drug-likeness (QED) is 0.617. The summed E-state index contributed by atoms with van der Waals surface area (Å²) in [7, 11) is 0. The Labute approximate surface area is 111 Å². The molecule has 7 heteroatoms. The number of hydrogen-bond acceptors (Lipinski definition) is 5. The average Bonchev–Trinajstić information content (AvgIpc) is 2.40. The molecule has 2 aliphatic heterocycles. The Hall–Kier alpha value is -1.47. The van der Waals surface area contributed by atoms with Crippen LogP contribution in [-0.2, 0) is 19.1 Å². The van der Waals surface area contributed by atoms with Crippen LogP contribution in [0.5, 0.6) is 0 Å². The van der Waals surface area contributed by atoms with Gasteiger partial charge in [-0.05, 0) is 19.8 Å². The van der Waals surface area contributed by atoms with Crippen LogP contribution in [0.25, 0.3) is 0 Å². The standard InChI is InChI=1S/C12H19N3O4/c1-8-12(18)15(11(17)6-13-8)7-10(16)14-9-2-4-19-5-3-9/h8-9,13H,2-7H2,1H3,(H,14,16). The molecular weight excluding hydrogens is 250 g/mol. The van der Waals surface area contributed by atoms with E-state index in [1.807, 2.05) is 0 Å². The number of amides is 3. The molecule has 106 valence electrons. The highest BCUT2D eigenvalue weighted by molar-refractivity contribution is 6.03. The van der Waals surface area contributed by atoms with Gasteiger partial charge in [0.15, 0.2) is 0 Å². The molecule has 2 fully saturated rings. The molecule has 1 atom stereocenters. The Kier molecular flexibility index (Phi) is 4.49. The second kappa shape index (κ2) is 6.12. The largest absolute Gasteiger partial charge is 0.381 e. The van der Waals surface area contributed by atoms with Crippen molar-refractivity contribution >= 4 is 17.7 Å². The van der Waals surface area contributed by atoms with E-state index in [1.165, 1.54) is 0 Å². The molecule has 3 amide bonds. The molecule has 2 rings (SSSR count). The number of carbonyl (C=O) groups is 3. The first-order chi connectivity index (χ1) is 9.08. The summed E-state index contributed by atoms with van der Waals surface area (Å²) in [6.07, 6.45) is 1.54. The second-order valence-corrected chi connectivity index (χ2v) is 4.87. The third kappa shape index (κ3) is 3.51. The molecular formula is C12H19N3O4. The number of nitrogens with zero attached hydrogens (tertiary/aromatic N) is 1. The molecule has 0 aliphatic carbocycles. The zero-order valence-electron chi connectivity index (χ0n) is 11.0. The van der Waals surface area contributed by atoms with Gasteiger partial charge in [-0.2, -0.15) is 0 Å². The molecule has 19 heavy (non-hydrogen) atoms. The van der Waals surface area contributed by atoms with Gasteiger partial charge in [-0.3, -0.25) is 24.6 Å². The molecule has 0 saturated carbocycles. The predicted molar refractivity (Wildman–Crippen MR) is 66.2 cm³/mol. The maximum absolute atomic E-state index is 11.9. The first kappa shape index (κ1) is 14.0. The van der Waals surface area contributed by atoms with Crippen molar-refractivity contribution in [2.45, 2.75) is 31.8 Å². The summed E-state index contributed by atoms with van der Waals surface area (Å²) in [5, 5.41) is 5.61. The van der Waals surface area contributed by atoms with Gasteiger partial charge in [-0.1, -0.05) is 0 Å². The van der Waals surface area contributed by atoms with Gasteiger partial charge in [0.1, 0.15) is 6.54 Å². The maximum atomic E-state index is 11.9. The van der Waals surface area contributed by atoms with Crippen LogP contribution in [0.15, 0.2) is 0 Å². The fourth-order valence-electron chi connectivity index (χ4n) is 2.20. The fraction of sp³-hybridized carbons (Fsp3) is 0.750. The number of carbonyl (C=O) groups excluding carboxylic acids is 3. The van der Waals surface area contributed by atoms with E-state index in [-0.39, 0.29) is 36.9 Å². The highest BCUT2D eigenvalue weighted by atomic mass is 16.5. The summed E-state index contributed by atoms with van der Waals surface area (Å²) in [6.45, 7) is 2.84. The average molecular weight is 269 g/mol. The Bertz CT molecular complexity index is 379. The van der Waals surface area contributed by atoms with E-state index in [9.17, 15) is 14.4 Å². The number of ether oxygens (including phenoxy) is 1. The lowest BCUT2D eigenvalue weighted by Crippen LogP contribution is -2.59. The molecule has 2 saturated heterocycles. The first-order valence-corrected chi connectivity index (χ1v) is 6.52. The second-order valence-electron chi connectivity index (χ2n) is 4.87. The Morgan fingerprint density at radius 2 is 2.11 bits per heavy atom. The number of piperazine rings is 1. The van der Waals surface area contributed by atoms with Crippen LogP contribution in [0.4, 0.5) is 0 Å². The highest BCUT2D eigenvalue weighted by Crippen LogP contribution is 2.07. The molecule has 0 spiro atoms. The van der Waals surface area contributed by atoms with Crippen LogP contribution in [0, 0.1) is 0 Å². The summed E-state index contributed by atoms with van der Waals surface area (Å²) in [4.78, 5) is 36.3. The summed E-state index contributed by atoms with van der Waals surface area (Å²) in [6, 6.07) is -0.347. The minimum Gasteiger partial charge on any atom is -0.381 e. The lowest BCUT2D eigenvalue weighted by Gasteiger charge is -2.30. The zero-order chi connectivity index (χ0) is 13.8. The highest BCUT2D eigenvalue weighted by Gasteiger charge is 2.32. The molecule has 0 aromatic rings. The summed E-state index contributed by atoms with van der Waals surface area (Å²) < 4.78 is 5.20. The minimum absolute atomic E-state index is 0.0757. The van der Waals surface area contributed by atoms with E-state index >= 15 is 0 Å². The third-order valence-electron chi connectivity index (χ3n) is 3.39. The number of hydrogen-bond donors (Lipinski definition) is 2. The minimum atomic E-state index is -0.423. The SMILES string of the molecule is CC1NCC(=O)N(CC(=O)NC2CCOCC2)C1=O. The maximum Gasteiger partial charge on any atom is 0.246 e. The van der Waals surface area contributed by atoms with E-state index in [4.69, 9.17) is 4.74 Å². The Morgan fingerprint density at radius 3 is 2.79 bits per heavy atom. The van der Waals surface area contributed by atoms with Crippen molar-refractivity contribution in [3.05, 3.63) is 0 Å². The van der Waals surface area contributed by atoms with E-state index in [0.29, 0.717) is 13.2 Å². The van der Waals surface area contributed by atoms with Crippen molar-refractivity contribution in [3.8, 4) is 0 Å². The van der Waals surface area contributed by atoms with Gasteiger partial charge in [0.2, 0.25) is 17.7 Å². The van der Waals surface area contributed by atoms with E-state index < -0.39 is 6.04 Å². The smallest absolute Gasteiger partial charge is 0.246 e. The molecule has 2 heterocycles. The fourth-order valence-corrected chi connectivity index (χ4v) is 2.20. The van der Waals surface area contributed by atoms with Gasteiger partial charge >= 0.3 is 0 Å². The molecule has 1 unspecified atom stereocenters. The van der Waals surface area contributed by atoms with Crippen LogP contribution >= 0.6 is 0 Å². The normalized spacial score (nSPS) is 25.5. The van der Waals surface area contributed by atoms with E-state index in [1.54, 1.807) is 6.92 Å². The first-order valence-electron chi connectivity index (χ1n) is 6.52. The lowest BCUT2D eigenvalue weighted by atomic mass is 10.1. The third-order valence-corrected chi connectivity index (χ3v) is 3.39. The summed E-state index contributed by atoms with van der Waals surface area (Å²) >= 11 is 0. The number of rotatable bonds is 3. The monoisotopic (exact) mass is 269 g/mol. The summed E-state index contributed by atoms with van der Waals surface area (Å²) in [5.74, 6) is -0.994. The van der Waals surface area contributed by atoms with Crippen LogP contribution in [0.3, 0.4) is 0 Å². The summed E-state index contributed by atoms with van der Waals surface area (Å²) in [5.41, 5.74) is 0. The molecule has 0 bridgehead atoms. The molecule has 2 aliphatic rings.